The number of hydrogen-bond acceptors (Lipinski definition) is 4. The predicted octanol–water partition coefficient (Wildman–Crippen LogP) is 2.66. The monoisotopic (exact) mass is 343 g/mol. The highest BCUT2D eigenvalue weighted by Crippen LogP contribution is 2.21. The molecule has 7 heteroatoms. The summed E-state index contributed by atoms with van der Waals surface area (Å²) < 4.78 is 1.05. The summed E-state index contributed by atoms with van der Waals surface area (Å²) in [6.45, 7) is 3.86. The van der Waals surface area contributed by atoms with Crippen LogP contribution in [0.15, 0.2) is 53.5 Å². The van der Waals surface area contributed by atoms with Gasteiger partial charge in [0.1, 0.15) is 6.54 Å². The van der Waals surface area contributed by atoms with Crippen molar-refractivity contribution < 1.29 is 9.72 Å². The van der Waals surface area contributed by atoms with Crippen molar-refractivity contribution in [2.45, 2.75) is 32.9 Å². The largest absolute Gasteiger partial charge is 0.348 e. The molecular weight excluding hydrogens is 322 g/mol. The Morgan fingerprint density at radius 3 is 2.48 bits per heavy atom. The fraction of sp³-hybridized carbons (Fsp3) is 0.333. The van der Waals surface area contributed by atoms with Gasteiger partial charge in [-0.15, -0.1) is 0 Å². The van der Waals surface area contributed by atoms with Gasteiger partial charge in [0.05, 0.1) is 17.2 Å². The second kappa shape index (κ2) is 8.23. The van der Waals surface area contributed by atoms with Crippen LogP contribution in [0.5, 0.6) is 0 Å². The number of amides is 1. The third-order valence-corrected chi connectivity index (χ3v) is 3.74. The van der Waals surface area contributed by atoms with Crippen LogP contribution in [0.2, 0.25) is 0 Å². The smallest absolute Gasteiger partial charge is 0.285 e. The summed E-state index contributed by atoms with van der Waals surface area (Å²) in [4.78, 5) is 34.4. The van der Waals surface area contributed by atoms with Gasteiger partial charge in [0, 0.05) is 12.1 Å². The van der Waals surface area contributed by atoms with Gasteiger partial charge in [-0.1, -0.05) is 44.2 Å². The van der Waals surface area contributed by atoms with Crippen molar-refractivity contribution in [1.82, 2.24) is 9.88 Å². The van der Waals surface area contributed by atoms with Gasteiger partial charge in [0.25, 0.3) is 11.2 Å². The van der Waals surface area contributed by atoms with E-state index in [0.29, 0.717) is 5.92 Å². The number of nitrogens with one attached hydrogen (secondary N) is 1. The third kappa shape index (κ3) is 5.27. The number of carbonyl (C=O) groups excluding carboxylic acids is 1. The molecule has 0 unspecified atom stereocenters. The van der Waals surface area contributed by atoms with Crippen molar-refractivity contribution in [3.05, 3.63) is 74.7 Å². The second-order valence-electron chi connectivity index (χ2n) is 6.27. The maximum atomic E-state index is 12.4. The molecule has 0 aliphatic carbocycles. The first kappa shape index (κ1) is 18.4. The number of benzene rings is 1. The maximum Gasteiger partial charge on any atom is 0.285 e. The first-order valence-corrected chi connectivity index (χ1v) is 8.06. The molecule has 2 rings (SSSR count). The summed E-state index contributed by atoms with van der Waals surface area (Å²) in [5, 5.41) is 13.7. The summed E-state index contributed by atoms with van der Waals surface area (Å²) in [6, 6.07) is 11.6. The van der Waals surface area contributed by atoms with Crippen molar-refractivity contribution >= 4 is 11.6 Å². The van der Waals surface area contributed by atoms with E-state index in [0.717, 1.165) is 34.9 Å². The van der Waals surface area contributed by atoms with E-state index in [1.807, 2.05) is 30.3 Å². The molecule has 0 saturated carbocycles. The minimum absolute atomic E-state index is 0.178. The molecule has 0 bridgehead atoms. The van der Waals surface area contributed by atoms with E-state index in [4.69, 9.17) is 0 Å². The molecule has 1 atom stereocenters. The standard InChI is InChI=1S/C18H21N3O4/c1-13(2)10-16(14-6-4-3-5-7-14)19-17(22)12-20-11-15(21(24)25)8-9-18(20)23/h3-9,11,13,16H,10,12H2,1-2H3,(H,19,22)/t16-/m0/s1. The van der Waals surface area contributed by atoms with E-state index in [1.165, 1.54) is 0 Å². The topological polar surface area (TPSA) is 94.2 Å². The number of pyridine rings is 1. The molecule has 132 valence electrons. The second-order valence-corrected chi connectivity index (χ2v) is 6.27. The Hall–Kier alpha value is -2.96. The van der Waals surface area contributed by atoms with Gasteiger partial charge in [0.15, 0.2) is 0 Å². The van der Waals surface area contributed by atoms with E-state index in [1.54, 1.807) is 0 Å². The lowest BCUT2D eigenvalue weighted by atomic mass is 9.97. The van der Waals surface area contributed by atoms with Crippen molar-refractivity contribution in [2.75, 3.05) is 0 Å². The SMILES string of the molecule is CC(C)C[C@H](NC(=O)Cn1cc([N+](=O)[O-])ccc1=O)c1ccccc1. The summed E-state index contributed by atoms with van der Waals surface area (Å²) in [7, 11) is 0. The molecule has 2 aromatic rings. The number of rotatable bonds is 7. The predicted molar refractivity (Wildman–Crippen MR) is 94.1 cm³/mol. The Morgan fingerprint density at radius 1 is 1.20 bits per heavy atom. The zero-order valence-corrected chi connectivity index (χ0v) is 14.2. The van der Waals surface area contributed by atoms with Gasteiger partial charge in [0.2, 0.25) is 5.91 Å². The van der Waals surface area contributed by atoms with Crippen LogP contribution in [-0.2, 0) is 11.3 Å². The lowest BCUT2D eigenvalue weighted by Gasteiger charge is -2.21. The molecule has 1 aromatic heterocycles. The summed E-state index contributed by atoms with van der Waals surface area (Å²) in [5.41, 5.74) is 0.297. The summed E-state index contributed by atoms with van der Waals surface area (Å²) in [5.74, 6) is 0.00291. The molecule has 0 spiro atoms. The minimum Gasteiger partial charge on any atom is -0.348 e. The Morgan fingerprint density at radius 2 is 1.88 bits per heavy atom. The highest BCUT2D eigenvalue weighted by atomic mass is 16.6. The fourth-order valence-electron chi connectivity index (χ4n) is 2.58. The fourth-order valence-corrected chi connectivity index (χ4v) is 2.58. The van der Waals surface area contributed by atoms with Crippen molar-refractivity contribution in [3.8, 4) is 0 Å². The van der Waals surface area contributed by atoms with Crippen LogP contribution in [0.25, 0.3) is 0 Å². The number of hydrogen-bond donors (Lipinski definition) is 1. The van der Waals surface area contributed by atoms with Crippen molar-refractivity contribution in [2.24, 2.45) is 5.92 Å². The van der Waals surface area contributed by atoms with Gasteiger partial charge in [-0.05, 0) is 17.9 Å². The molecule has 0 aliphatic heterocycles. The third-order valence-electron chi connectivity index (χ3n) is 3.74. The quantitative estimate of drug-likeness (QED) is 0.618. The van der Waals surface area contributed by atoms with E-state index in [-0.39, 0.29) is 24.2 Å². The molecule has 1 heterocycles. The van der Waals surface area contributed by atoms with Gasteiger partial charge in [-0.25, -0.2) is 0 Å². The molecular formula is C18H21N3O4. The normalized spacial score (nSPS) is 12.0. The zero-order chi connectivity index (χ0) is 18.4. The van der Waals surface area contributed by atoms with Crippen molar-refractivity contribution in [1.29, 1.82) is 0 Å². The number of nitrogens with zero attached hydrogens (tertiary/aromatic N) is 2. The highest BCUT2D eigenvalue weighted by molar-refractivity contribution is 5.76. The summed E-state index contributed by atoms with van der Waals surface area (Å²) in [6.07, 6.45) is 1.83. The van der Waals surface area contributed by atoms with Crippen LogP contribution >= 0.6 is 0 Å². The Bertz CT molecular complexity index is 799. The van der Waals surface area contributed by atoms with Crippen LogP contribution in [0.3, 0.4) is 0 Å². The van der Waals surface area contributed by atoms with E-state index in [9.17, 15) is 19.7 Å². The molecule has 7 nitrogen and oxygen atoms in total. The molecule has 0 radical (unpaired) electrons. The Labute approximate surface area is 145 Å². The Kier molecular flexibility index (Phi) is 6.05. The van der Waals surface area contributed by atoms with Gasteiger partial charge >= 0.3 is 0 Å². The molecule has 1 amide bonds. The average Bonchev–Trinajstić information content (AvgIpc) is 2.56. The van der Waals surface area contributed by atoms with Crippen LogP contribution in [-0.4, -0.2) is 15.4 Å². The van der Waals surface area contributed by atoms with Crippen LogP contribution in [0, 0.1) is 16.0 Å². The highest BCUT2D eigenvalue weighted by Gasteiger charge is 2.17. The number of carbonyl (C=O) groups is 1. The zero-order valence-electron chi connectivity index (χ0n) is 14.2. The Balaban J connectivity index is 2.15. The molecule has 0 fully saturated rings. The maximum absolute atomic E-state index is 12.4. The van der Waals surface area contributed by atoms with E-state index >= 15 is 0 Å². The van der Waals surface area contributed by atoms with E-state index < -0.39 is 10.5 Å². The number of nitro groups is 1. The average molecular weight is 343 g/mol. The summed E-state index contributed by atoms with van der Waals surface area (Å²) >= 11 is 0. The lowest BCUT2D eigenvalue weighted by Crippen LogP contribution is -2.35. The molecule has 1 aromatic carbocycles. The molecule has 0 aliphatic rings. The lowest BCUT2D eigenvalue weighted by molar-refractivity contribution is -0.385. The first-order valence-electron chi connectivity index (χ1n) is 8.06. The first-order chi connectivity index (χ1) is 11.9. The number of aromatic nitrogens is 1. The minimum atomic E-state index is -0.598. The van der Waals surface area contributed by atoms with Crippen LogP contribution in [0.4, 0.5) is 5.69 Å². The van der Waals surface area contributed by atoms with Gasteiger partial charge in [-0.3, -0.25) is 24.3 Å². The van der Waals surface area contributed by atoms with Gasteiger partial charge < -0.3 is 5.32 Å². The van der Waals surface area contributed by atoms with E-state index in [2.05, 4.69) is 19.2 Å². The molecule has 0 saturated heterocycles. The van der Waals surface area contributed by atoms with Crippen LogP contribution in [0.1, 0.15) is 31.9 Å². The van der Waals surface area contributed by atoms with Crippen molar-refractivity contribution in [3.63, 3.8) is 0 Å². The molecule has 25 heavy (non-hydrogen) atoms. The molecule has 1 N–H and O–H groups in total. The van der Waals surface area contributed by atoms with Gasteiger partial charge in [-0.2, -0.15) is 0 Å². The van der Waals surface area contributed by atoms with Crippen LogP contribution < -0.4 is 10.9 Å².